The van der Waals surface area contributed by atoms with E-state index in [-0.39, 0.29) is 11.8 Å². The molecule has 2 aliphatic heterocycles. The van der Waals surface area contributed by atoms with E-state index in [1.165, 1.54) is 17.0 Å². The van der Waals surface area contributed by atoms with Crippen LogP contribution in [0.3, 0.4) is 0 Å². The van der Waals surface area contributed by atoms with Gasteiger partial charge in [-0.2, -0.15) is 13.2 Å². The molecule has 0 unspecified atom stereocenters. The van der Waals surface area contributed by atoms with Gasteiger partial charge in [-0.15, -0.1) is 0 Å². The second-order valence-corrected chi connectivity index (χ2v) is 8.75. The quantitative estimate of drug-likeness (QED) is 0.695. The molecular weight excluding hydrogens is 395 g/mol. The molecule has 1 spiro atoms. The highest BCUT2D eigenvalue weighted by Crippen LogP contribution is 2.45. The highest BCUT2D eigenvalue weighted by molar-refractivity contribution is 6.05. The number of imide groups is 1. The van der Waals surface area contributed by atoms with E-state index in [9.17, 15) is 22.8 Å². The Morgan fingerprint density at radius 2 is 1.63 bits per heavy atom. The van der Waals surface area contributed by atoms with E-state index < -0.39 is 17.2 Å². The van der Waals surface area contributed by atoms with E-state index in [2.05, 4.69) is 4.90 Å². The average Bonchev–Trinajstić information content (AvgIpc) is 2.96. The number of piperazine rings is 1. The van der Waals surface area contributed by atoms with Crippen LogP contribution in [0.15, 0.2) is 24.3 Å². The Bertz CT molecular complexity index is 797. The summed E-state index contributed by atoms with van der Waals surface area (Å²) in [4.78, 5) is 30.9. The molecule has 1 saturated carbocycles. The van der Waals surface area contributed by atoms with Crippen LogP contribution in [-0.2, 0) is 15.8 Å². The maximum Gasteiger partial charge on any atom is 0.416 e. The molecule has 2 amide bonds. The van der Waals surface area contributed by atoms with E-state index in [1.54, 1.807) is 6.07 Å². The third-order valence-corrected chi connectivity index (χ3v) is 6.85. The summed E-state index contributed by atoms with van der Waals surface area (Å²) in [5, 5.41) is 0. The van der Waals surface area contributed by atoms with Gasteiger partial charge in [-0.1, -0.05) is 25.3 Å². The molecule has 4 rings (SSSR count). The summed E-state index contributed by atoms with van der Waals surface area (Å²) in [7, 11) is 0. The summed E-state index contributed by atoms with van der Waals surface area (Å²) in [5.41, 5.74) is -0.504. The Hall–Kier alpha value is -2.09. The first kappa shape index (κ1) is 21.2. The van der Waals surface area contributed by atoms with Crippen LogP contribution in [0.25, 0.3) is 0 Å². The smallest absolute Gasteiger partial charge is 0.369 e. The van der Waals surface area contributed by atoms with E-state index in [1.807, 2.05) is 4.90 Å². The largest absolute Gasteiger partial charge is 0.416 e. The molecule has 0 N–H and O–H groups in total. The van der Waals surface area contributed by atoms with Crippen molar-refractivity contribution in [3.05, 3.63) is 29.8 Å². The summed E-state index contributed by atoms with van der Waals surface area (Å²) < 4.78 is 38.9. The molecule has 0 aromatic heterocycles. The zero-order valence-electron chi connectivity index (χ0n) is 17.1. The van der Waals surface area contributed by atoms with Crippen molar-refractivity contribution in [3.63, 3.8) is 0 Å². The number of amides is 2. The van der Waals surface area contributed by atoms with Crippen LogP contribution in [0.5, 0.6) is 0 Å². The fourth-order valence-corrected chi connectivity index (χ4v) is 5.06. The molecule has 3 aliphatic rings. The molecule has 1 aromatic carbocycles. The van der Waals surface area contributed by atoms with E-state index in [4.69, 9.17) is 0 Å². The van der Waals surface area contributed by atoms with Gasteiger partial charge in [-0.3, -0.25) is 19.4 Å². The van der Waals surface area contributed by atoms with Gasteiger partial charge >= 0.3 is 6.18 Å². The molecule has 1 aliphatic carbocycles. The number of likely N-dealkylation sites (tertiary alicyclic amines) is 1. The highest BCUT2D eigenvalue weighted by Gasteiger charge is 2.51. The lowest BCUT2D eigenvalue weighted by molar-refractivity contribution is -0.142. The third-order valence-electron chi connectivity index (χ3n) is 6.85. The van der Waals surface area contributed by atoms with Crippen LogP contribution in [0, 0.1) is 5.41 Å². The summed E-state index contributed by atoms with van der Waals surface area (Å²) in [6.07, 6.45) is 0.832. The maximum absolute atomic E-state index is 13.0. The number of anilines is 1. The van der Waals surface area contributed by atoms with Crippen molar-refractivity contribution in [1.29, 1.82) is 0 Å². The zero-order chi connectivity index (χ0) is 21.4. The average molecular weight is 423 g/mol. The molecule has 0 radical (unpaired) electrons. The van der Waals surface area contributed by atoms with Crippen molar-refractivity contribution >= 4 is 17.5 Å². The van der Waals surface area contributed by atoms with Gasteiger partial charge in [0.1, 0.15) is 0 Å². The number of carbonyl (C=O) groups excluding carboxylic acids is 2. The van der Waals surface area contributed by atoms with Crippen LogP contribution in [0.1, 0.15) is 44.1 Å². The van der Waals surface area contributed by atoms with Crippen molar-refractivity contribution in [2.45, 2.75) is 44.7 Å². The Morgan fingerprint density at radius 3 is 2.30 bits per heavy atom. The number of rotatable bonds is 4. The van der Waals surface area contributed by atoms with Gasteiger partial charge < -0.3 is 4.90 Å². The van der Waals surface area contributed by atoms with Gasteiger partial charge in [0.15, 0.2) is 0 Å². The van der Waals surface area contributed by atoms with E-state index in [0.29, 0.717) is 51.4 Å². The van der Waals surface area contributed by atoms with Gasteiger partial charge in [-0.05, 0) is 31.0 Å². The SMILES string of the molecule is O=C1CC2(CCCCC2)C(=O)N1CCN1CCN(c2cccc(C(F)(F)F)c2)CC1. The van der Waals surface area contributed by atoms with Gasteiger partial charge in [0.2, 0.25) is 11.8 Å². The fraction of sp³-hybridized carbons (Fsp3) is 0.636. The first-order valence-corrected chi connectivity index (χ1v) is 10.8. The number of hydrogen-bond donors (Lipinski definition) is 0. The van der Waals surface area contributed by atoms with E-state index in [0.717, 1.165) is 38.2 Å². The minimum Gasteiger partial charge on any atom is -0.369 e. The Kier molecular flexibility index (Phi) is 5.79. The lowest BCUT2D eigenvalue weighted by Gasteiger charge is -2.37. The molecule has 2 heterocycles. The molecule has 0 atom stereocenters. The summed E-state index contributed by atoms with van der Waals surface area (Å²) in [6.45, 7) is 3.64. The molecular formula is C22H28F3N3O2. The number of carbonyl (C=O) groups is 2. The molecule has 30 heavy (non-hydrogen) atoms. The highest BCUT2D eigenvalue weighted by atomic mass is 19.4. The predicted octanol–water partition coefficient (Wildman–Crippen LogP) is 3.54. The van der Waals surface area contributed by atoms with Crippen molar-refractivity contribution in [2.75, 3.05) is 44.2 Å². The lowest BCUT2D eigenvalue weighted by Crippen LogP contribution is -2.49. The summed E-state index contributed by atoms with van der Waals surface area (Å²) in [5.74, 6) is -0.0423. The van der Waals surface area contributed by atoms with Crippen LogP contribution in [0.4, 0.5) is 18.9 Å². The van der Waals surface area contributed by atoms with Gasteiger partial charge in [0, 0.05) is 51.4 Å². The molecule has 0 bridgehead atoms. The molecule has 8 heteroatoms. The zero-order valence-corrected chi connectivity index (χ0v) is 17.1. The van der Waals surface area contributed by atoms with Crippen molar-refractivity contribution in [2.24, 2.45) is 5.41 Å². The fourth-order valence-electron chi connectivity index (χ4n) is 5.06. The van der Waals surface area contributed by atoms with Crippen LogP contribution >= 0.6 is 0 Å². The second-order valence-electron chi connectivity index (χ2n) is 8.75. The number of hydrogen-bond acceptors (Lipinski definition) is 4. The van der Waals surface area contributed by atoms with E-state index >= 15 is 0 Å². The monoisotopic (exact) mass is 423 g/mol. The molecule has 3 fully saturated rings. The molecule has 1 aromatic rings. The summed E-state index contributed by atoms with van der Waals surface area (Å²) >= 11 is 0. The Morgan fingerprint density at radius 1 is 0.933 bits per heavy atom. The van der Waals surface area contributed by atoms with Crippen molar-refractivity contribution in [1.82, 2.24) is 9.80 Å². The first-order chi connectivity index (χ1) is 14.3. The Balaban J connectivity index is 1.29. The van der Waals surface area contributed by atoms with Crippen LogP contribution < -0.4 is 4.90 Å². The second kappa shape index (κ2) is 8.21. The number of alkyl halides is 3. The molecule has 5 nitrogen and oxygen atoms in total. The Labute approximate surface area is 174 Å². The van der Waals surface area contributed by atoms with Gasteiger partial charge in [-0.25, -0.2) is 0 Å². The minimum atomic E-state index is -4.34. The van der Waals surface area contributed by atoms with Crippen LogP contribution in [0.2, 0.25) is 0 Å². The predicted molar refractivity (Wildman–Crippen MR) is 107 cm³/mol. The topological polar surface area (TPSA) is 43.9 Å². The standard InChI is InChI=1S/C22H28F3N3O2/c23-22(24,25)17-5-4-6-18(15-17)27-12-9-26(10-13-27)11-14-28-19(29)16-21(20(28)30)7-2-1-3-8-21/h4-6,15H,1-3,7-14,16H2. The summed E-state index contributed by atoms with van der Waals surface area (Å²) in [6, 6.07) is 5.43. The minimum absolute atomic E-state index is 0.00908. The lowest BCUT2D eigenvalue weighted by atomic mass is 9.73. The van der Waals surface area contributed by atoms with Crippen molar-refractivity contribution < 1.29 is 22.8 Å². The van der Waals surface area contributed by atoms with Gasteiger partial charge in [0.05, 0.1) is 11.0 Å². The number of nitrogens with zero attached hydrogens (tertiary/aromatic N) is 3. The maximum atomic E-state index is 13.0. The first-order valence-electron chi connectivity index (χ1n) is 10.8. The van der Waals surface area contributed by atoms with Gasteiger partial charge in [0.25, 0.3) is 0 Å². The van der Waals surface area contributed by atoms with Crippen molar-refractivity contribution in [3.8, 4) is 0 Å². The van der Waals surface area contributed by atoms with Crippen LogP contribution in [-0.4, -0.2) is 60.9 Å². The number of benzene rings is 1. The number of halogens is 3. The molecule has 2 saturated heterocycles. The molecule has 164 valence electrons. The normalized spacial score (nSPS) is 22.9. The third kappa shape index (κ3) is 4.19.